The summed E-state index contributed by atoms with van der Waals surface area (Å²) in [6.45, 7) is 5.48. The molecule has 1 saturated heterocycles. The van der Waals surface area contributed by atoms with Gasteiger partial charge >= 0.3 is 0 Å². The number of piperidine rings is 1. The quantitative estimate of drug-likeness (QED) is 0.793. The molecule has 0 bridgehead atoms. The maximum atomic E-state index is 4.74. The predicted octanol–water partition coefficient (Wildman–Crippen LogP) is 3.78. The molecule has 2 aromatic heterocycles. The van der Waals surface area contributed by atoms with Gasteiger partial charge in [0.1, 0.15) is 5.82 Å². The number of para-hydroxylation sites is 2. The van der Waals surface area contributed by atoms with Crippen molar-refractivity contribution >= 4 is 22.4 Å². The number of nitrogens with zero attached hydrogens (tertiary/aromatic N) is 3. The Hall–Kier alpha value is -1.72. The molecule has 1 N–H and O–H groups in total. The molecule has 1 fully saturated rings. The smallest absolute Gasteiger partial charge is 0.107 e. The van der Waals surface area contributed by atoms with E-state index in [1.165, 1.54) is 24.3 Å². The summed E-state index contributed by atoms with van der Waals surface area (Å²) in [7, 11) is 0. The monoisotopic (exact) mass is 326 g/mol. The molecule has 120 valence electrons. The molecule has 0 saturated carbocycles. The summed E-state index contributed by atoms with van der Waals surface area (Å²) in [4.78, 5) is 16.5. The molecule has 0 spiro atoms. The number of nitrogens with one attached hydrogen (secondary N) is 1. The number of aryl methyl sites for hydroxylation is 1. The van der Waals surface area contributed by atoms with Crippen LogP contribution in [0.4, 0.5) is 0 Å². The summed E-state index contributed by atoms with van der Waals surface area (Å²) in [6, 6.07) is 8.29. The highest BCUT2D eigenvalue weighted by molar-refractivity contribution is 7.11. The fourth-order valence-electron chi connectivity index (χ4n) is 3.54. The van der Waals surface area contributed by atoms with E-state index in [-0.39, 0.29) is 0 Å². The van der Waals surface area contributed by atoms with Crippen molar-refractivity contribution in [2.45, 2.75) is 32.7 Å². The Morgan fingerprint density at radius 2 is 2.26 bits per heavy atom. The van der Waals surface area contributed by atoms with Crippen LogP contribution in [0.25, 0.3) is 11.0 Å². The summed E-state index contributed by atoms with van der Waals surface area (Å²) < 4.78 is 0. The summed E-state index contributed by atoms with van der Waals surface area (Å²) >= 11 is 1.82. The molecule has 1 atom stereocenters. The van der Waals surface area contributed by atoms with Gasteiger partial charge in [-0.15, -0.1) is 11.3 Å². The van der Waals surface area contributed by atoms with Gasteiger partial charge < -0.3 is 4.98 Å². The molecule has 4 rings (SSSR count). The van der Waals surface area contributed by atoms with Crippen LogP contribution in [-0.2, 0) is 13.0 Å². The van der Waals surface area contributed by atoms with E-state index in [2.05, 4.69) is 40.0 Å². The lowest BCUT2D eigenvalue weighted by atomic mass is 9.94. The Labute approximate surface area is 140 Å². The molecule has 1 aliphatic heterocycles. The Morgan fingerprint density at radius 3 is 3.09 bits per heavy atom. The first-order valence-electron chi connectivity index (χ1n) is 8.33. The third-order valence-corrected chi connectivity index (χ3v) is 5.47. The van der Waals surface area contributed by atoms with Crippen LogP contribution in [0.1, 0.15) is 28.6 Å². The molecular weight excluding hydrogens is 304 g/mol. The summed E-state index contributed by atoms with van der Waals surface area (Å²) in [6.07, 6.45) is 5.66. The van der Waals surface area contributed by atoms with E-state index in [4.69, 9.17) is 4.98 Å². The zero-order valence-electron chi connectivity index (χ0n) is 13.5. The minimum Gasteiger partial charge on any atom is -0.342 e. The van der Waals surface area contributed by atoms with Gasteiger partial charge in [0.15, 0.2) is 0 Å². The molecule has 0 amide bonds. The molecular formula is C18H22N4S. The molecule has 23 heavy (non-hydrogen) atoms. The standard InChI is InChI=1S/C18H22N4S/c1-13-19-10-15(23-13)12-22-8-4-5-14(11-22)9-18-20-16-6-2-3-7-17(16)21-18/h2-3,6-7,10,14H,4-5,8-9,11-12H2,1H3,(H,20,21)/t14-/m1/s1. The van der Waals surface area contributed by atoms with Gasteiger partial charge in [-0.2, -0.15) is 0 Å². The first kappa shape index (κ1) is 14.8. The van der Waals surface area contributed by atoms with Crippen LogP contribution >= 0.6 is 11.3 Å². The van der Waals surface area contributed by atoms with Crippen LogP contribution in [0.3, 0.4) is 0 Å². The highest BCUT2D eigenvalue weighted by Gasteiger charge is 2.21. The van der Waals surface area contributed by atoms with E-state index >= 15 is 0 Å². The van der Waals surface area contributed by atoms with Crippen molar-refractivity contribution in [3.05, 3.63) is 46.2 Å². The number of aromatic amines is 1. The number of H-pyrrole nitrogens is 1. The third-order valence-electron chi connectivity index (χ3n) is 4.57. The minimum atomic E-state index is 0.693. The van der Waals surface area contributed by atoms with Crippen LogP contribution in [0.2, 0.25) is 0 Å². The molecule has 3 heterocycles. The average molecular weight is 326 g/mol. The van der Waals surface area contributed by atoms with Crippen molar-refractivity contribution in [1.82, 2.24) is 19.9 Å². The number of hydrogen-bond acceptors (Lipinski definition) is 4. The topological polar surface area (TPSA) is 44.8 Å². The number of aromatic nitrogens is 3. The number of thiazole rings is 1. The highest BCUT2D eigenvalue weighted by Crippen LogP contribution is 2.23. The van der Waals surface area contributed by atoms with Crippen LogP contribution < -0.4 is 0 Å². The average Bonchev–Trinajstić information content (AvgIpc) is 3.13. The van der Waals surface area contributed by atoms with Gasteiger partial charge in [-0.1, -0.05) is 12.1 Å². The number of benzene rings is 1. The van der Waals surface area contributed by atoms with Crippen molar-refractivity contribution in [2.24, 2.45) is 5.92 Å². The summed E-state index contributed by atoms with van der Waals surface area (Å²) in [5.74, 6) is 1.82. The number of likely N-dealkylation sites (tertiary alicyclic amines) is 1. The Balaban J connectivity index is 1.40. The van der Waals surface area contributed by atoms with Crippen molar-refractivity contribution in [3.8, 4) is 0 Å². The lowest BCUT2D eigenvalue weighted by molar-refractivity contribution is 0.167. The Morgan fingerprint density at radius 1 is 1.35 bits per heavy atom. The van der Waals surface area contributed by atoms with Crippen molar-refractivity contribution in [3.63, 3.8) is 0 Å². The lowest BCUT2D eigenvalue weighted by Gasteiger charge is -2.32. The fourth-order valence-corrected chi connectivity index (χ4v) is 4.37. The van der Waals surface area contributed by atoms with E-state index in [0.29, 0.717) is 5.92 Å². The lowest BCUT2D eigenvalue weighted by Crippen LogP contribution is -2.35. The van der Waals surface area contributed by atoms with Gasteiger partial charge in [0.2, 0.25) is 0 Å². The maximum Gasteiger partial charge on any atom is 0.107 e. The zero-order chi connectivity index (χ0) is 15.6. The summed E-state index contributed by atoms with van der Waals surface area (Å²) in [5, 5.41) is 1.16. The molecule has 3 aromatic rings. The summed E-state index contributed by atoms with van der Waals surface area (Å²) in [5.41, 5.74) is 2.23. The normalized spacial score (nSPS) is 19.4. The Bertz CT molecular complexity index is 758. The number of hydrogen-bond donors (Lipinski definition) is 1. The van der Waals surface area contributed by atoms with Crippen molar-refractivity contribution in [2.75, 3.05) is 13.1 Å². The van der Waals surface area contributed by atoms with Gasteiger partial charge in [0.25, 0.3) is 0 Å². The van der Waals surface area contributed by atoms with Gasteiger partial charge in [0, 0.05) is 30.6 Å². The number of rotatable bonds is 4. The van der Waals surface area contributed by atoms with Crippen LogP contribution in [-0.4, -0.2) is 32.9 Å². The zero-order valence-corrected chi connectivity index (χ0v) is 14.3. The second kappa shape index (κ2) is 6.42. The van der Waals surface area contributed by atoms with Gasteiger partial charge in [-0.05, 0) is 44.4 Å². The van der Waals surface area contributed by atoms with Gasteiger partial charge in [0.05, 0.1) is 16.0 Å². The fraction of sp³-hybridized carbons (Fsp3) is 0.444. The number of fused-ring (bicyclic) bond motifs is 1. The second-order valence-corrected chi connectivity index (χ2v) is 7.81. The first-order valence-corrected chi connectivity index (χ1v) is 9.15. The molecule has 0 unspecified atom stereocenters. The van der Waals surface area contributed by atoms with E-state index in [1.807, 2.05) is 23.6 Å². The minimum absolute atomic E-state index is 0.693. The maximum absolute atomic E-state index is 4.74. The SMILES string of the molecule is Cc1ncc(CN2CCC[C@H](Cc3nc4ccccc4[nH]3)C2)s1. The van der Waals surface area contributed by atoms with Gasteiger partial charge in [-0.25, -0.2) is 9.97 Å². The molecule has 5 heteroatoms. The molecule has 1 aromatic carbocycles. The van der Waals surface area contributed by atoms with E-state index in [1.54, 1.807) is 0 Å². The van der Waals surface area contributed by atoms with Crippen LogP contribution in [0, 0.1) is 12.8 Å². The number of imidazole rings is 1. The first-order chi connectivity index (χ1) is 11.3. The molecule has 0 aliphatic carbocycles. The second-order valence-electron chi connectivity index (χ2n) is 6.49. The highest BCUT2D eigenvalue weighted by atomic mass is 32.1. The Kier molecular flexibility index (Phi) is 4.14. The van der Waals surface area contributed by atoms with E-state index < -0.39 is 0 Å². The third kappa shape index (κ3) is 3.46. The predicted molar refractivity (Wildman–Crippen MR) is 94.6 cm³/mol. The van der Waals surface area contributed by atoms with Crippen molar-refractivity contribution in [1.29, 1.82) is 0 Å². The molecule has 0 radical (unpaired) electrons. The van der Waals surface area contributed by atoms with Gasteiger partial charge in [-0.3, -0.25) is 4.90 Å². The molecule has 1 aliphatic rings. The van der Waals surface area contributed by atoms with E-state index in [0.717, 1.165) is 41.4 Å². The molecule has 4 nitrogen and oxygen atoms in total. The van der Waals surface area contributed by atoms with Crippen molar-refractivity contribution < 1.29 is 0 Å². The van der Waals surface area contributed by atoms with E-state index in [9.17, 15) is 0 Å². The largest absolute Gasteiger partial charge is 0.342 e. The van der Waals surface area contributed by atoms with Crippen LogP contribution in [0.5, 0.6) is 0 Å². The van der Waals surface area contributed by atoms with Crippen LogP contribution in [0.15, 0.2) is 30.5 Å².